The van der Waals surface area contributed by atoms with E-state index >= 15 is 0 Å². The number of anilines is 1. The molecule has 1 saturated carbocycles. The van der Waals surface area contributed by atoms with Crippen LogP contribution in [0.25, 0.3) is 0 Å². The molecule has 4 heteroatoms. The summed E-state index contributed by atoms with van der Waals surface area (Å²) in [5.41, 5.74) is 1.52. The van der Waals surface area contributed by atoms with Crippen molar-refractivity contribution in [3.63, 3.8) is 0 Å². The Hall–Kier alpha value is -1.03. The van der Waals surface area contributed by atoms with Crippen molar-refractivity contribution >= 4 is 5.69 Å². The van der Waals surface area contributed by atoms with Crippen molar-refractivity contribution in [1.29, 1.82) is 0 Å². The average Bonchev–Trinajstić information content (AvgIpc) is 2.84. The van der Waals surface area contributed by atoms with Crippen LogP contribution in [0.5, 0.6) is 0 Å². The van der Waals surface area contributed by atoms with Crippen molar-refractivity contribution in [2.24, 2.45) is 5.41 Å². The van der Waals surface area contributed by atoms with E-state index in [0.717, 1.165) is 12.2 Å². The molecule has 96 valence electrons. The molecule has 0 amide bonds. The number of nitrogens with zero attached hydrogens (tertiary/aromatic N) is 2. The van der Waals surface area contributed by atoms with Gasteiger partial charge in [-0.25, -0.2) is 0 Å². The van der Waals surface area contributed by atoms with Crippen LogP contribution in [-0.2, 0) is 11.3 Å². The molecule has 1 heterocycles. The lowest BCUT2D eigenvalue weighted by molar-refractivity contribution is 0.183. The first-order chi connectivity index (χ1) is 8.12. The van der Waals surface area contributed by atoms with Crippen molar-refractivity contribution in [1.82, 2.24) is 9.78 Å². The van der Waals surface area contributed by atoms with E-state index in [1.54, 1.807) is 7.11 Å². The molecule has 1 N–H and O–H groups in total. The highest BCUT2D eigenvalue weighted by Gasteiger charge is 2.34. The largest absolute Gasteiger partial charge is 0.383 e. The molecule has 0 spiro atoms. The van der Waals surface area contributed by atoms with Gasteiger partial charge < -0.3 is 10.1 Å². The maximum atomic E-state index is 5.04. The maximum absolute atomic E-state index is 5.04. The van der Waals surface area contributed by atoms with E-state index in [4.69, 9.17) is 4.74 Å². The van der Waals surface area contributed by atoms with E-state index < -0.39 is 0 Å². The van der Waals surface area contributed by atoms with Crippen molar-refractivity contribution in [2.45, 2.75) is 45.7 Å². The highest BCUT2D eigenvalue weighted by atomic mass is 16.5. The van der Waals surface area contributed by atoms with Gasteiger partial charge in [-0.05, 0) is 18.3 Å². The molecule has 0 bridgehead atoms. The Balaban J connectivity index is 1.92. The Kier molecular flexibility index (Phi) is 3.72. The van der Waals surface area contributed by atoms with E-state index in [9.17, 15) is 0 Å². The molecule has 0 radical (unpaired) electrons. The first-order valence-corrected chi connectivity index (χ1v) is 6.40. The van der Waals surface area contributed by atoms with Gasteiger partial charge in [0.25, 0.3) is 0 Å². The van der Waals surface area contributed by atoms with Crippen LogP contribution in [0.3, 0.4) is 0 Å². The maximum Gasteiger partial charge on any atom is 0.0728 e. The molecule has 1 aromatic heterocycles. The predicted octanol–water partition coefficient (Wildman–Crippen LogP) is 2.52. The number of hydrogen-bond acceptors (Lipinski definition) is 3. The number of ether oxygens (including phenoxy) is 1. The minimum atomic E-state index is 0.397. The summed E-state index contributed by atoms with van der Waals surface area (Å²) in [6.07, 6.45) is 7.86. The number of methoxy groups -OCH3 is 1. The summed E-state index contributed by atoms with van der Waals surface area (Å²) in [4.78, 5) is 0. The van der Waals surface area contributed by atoms with Gasteiger partial charge in [0.05, 0.1) is 25.0 Å². The molecule has 1 atom stereocenters. The first kappa shape index (κ1) is 12.4. The zero-order chi connectivity index (χ0) is 12.3. The van der Waals surface area contributed by atoms with Gasteiger partial charge in [0.1, 0.15) is 0 Å². The van der Waals surface area contributed by atoms with Gasteiger partial charge in [-0.2, -0.15) is 5.10 Å². The van der Waals surface area contributed by atoms with E-state index in [1.165, 1.54) is 19.3 Å². The van der Waals surface area contributed by atoms with Gasteiger partial charge in [0, 0.05) is 19.3 Å². The number of nitrogens with one attached hydrogen (secondary N) is 1. The number of hydrogen-bond donors (Lipinski definition) is 1. The molecule has 1 unspecified atom stereocenters. The third-order valence-corrected chi connectivity index (χ3v) is 3.76. The summed E-state index contributed by atoms with van der Waals surface area (Å²) >= 11 is 0. The third kappa shape index (κ3) is 3.00. The van der Waals surface area contributed by atoms with Gasteiger partial charge in [-0.1, -0.05) is 20.3 Å². The van der Waals surface area contributed by atoms with Crippen LogP contribution in [0.1, 0.15) is 33.1 Å². The second-order valence-electron chi connectivity index (χ2n) is 5.56. The lowest BCUT2D eigenvalue weighted by atomic mass is 9.87. The number of rotatable bonds is 5. The quantitative estimate of drug-likeness (QED) is 0.855. The van der Waals surface area contributed by atoms with Crippen molar-refractivity contribution in [2.75, 3.05) is 19.0 Å². The fraction of sp³-hybridized carbons (Fsp3) is 0.769. The second kappa shape index (κ2) is 5.08. The summed E-state index contributed by atoms with van der Waals surface area (Å²) in [6, 6.07) is 0.572. The molecular formula is C13H23N3O. The molecule has 0 aliphatic heterocycles. The number of aromatic nitrogens is 2. The third-order valence-electron chi connectivity index (χ3n) is 3.76. The molecular weight excluding hydrogens is 214 g/mol. The van der Waals surface area contributed by atoms with E-state index in [-0.39, 0.29) is 0 Å². The molecule has 1 aliphatic rings. The van der Waals surface area contributed by atoms with Gasteiger partial charge in [0.2, 0.25) is 0 Å². The van der Waals surface area contributed by atoms with E-state index in [0.29, 0.717) is 18.1 Å². The van der Waals surface area contributed by atoms with Crippen LogP contribution in [0.4, 0.5) is 5.69 Å². The minimum absolute atomic E-state index is 0.397. The molecule has 1 fully saturated rings. The van der Waals surface area contributed by atoms with E-state index in [2.05, 4.69) is 30.5 Å². The van der Waals surface area contributed by atoms with Crippen molar-refractivity contribution in [3.05, 3.63) is 12.4 Å². The predicted molar refractivity (Wildman–Crippen MR) is 69.1 cm³/mol. The highest BCUT2D eigenvalue weighted by Crippen LogP contribution is 2.38. The SMILES string of the molecule is COCCn1cc(NC2CCCC2(C)C)cn1. The zero-order valence-corrected chi connectivity index (χ0v) is 11.1. The van der Waals surface area contributed by atoms with Gasteiger partial charge in [0.15, 0.2) is 0 Å². The Morgan fingerprint density at radius 1 is 1.59 bits per heavy atom. The first-order valence-electron chi connectivity index (χ1n) is 6.40. The summed E-state index contributed by atoms with van der Waals surface area (Å²) in [7, 11) is 1.71. The lowest BCUT2D eigenvalue weighted by Crippen LogP contribution is -2.30. The molecule has 17 heavy (non-hydrogen) atoms. The molecule has 4 nitrogen and oxygen atoms in total. The normalized spacial score (nSPS) is 22.9. The average molecular weight is 237 g/mol. The van der Waals surface area contributed by atoms with Crippen LogP contribution < -0.4 is 5.32 Å². The summed E-state index contributed by atoms with van der Waals surface area (Å²) < 4.78 is 6.96. The van der Waals surface area contributed by atoms with Crippen molar-refractivity contribution < 1.29 is 4.74 Å². The molecule has 0 aromatic carbocycles. The van der Waals surface area contributed by atoms with Crippen LogP contribution in [0, 0.1) is 5.41 Å². The Morgan fingerprint density at radius 3 is 3.06 bits per heavy atom. The molecule has 1 aromatic rings. The fourth-order valence-electron chi connectivity index (χ4n) is 2.54. The van der Waals surface area contributed by atoms with Crippen LogP contribution in [0.2, 0.25) is 0 Å². The van der Waals surface area contributed by atoms with Crippen molar-refractivity contribution in [3.8, 4) is 0 Å². The Bertz CT molecular complexity index is 359. The highest BCUT2D eigenvalue weighted by molar-refractivity contribution is 5.40. The van der Waals surface area contributed by atoms with Gasteiger partial charge in [-0.15, -0.1) is 0 Å². The summed E-state index contributed by atoms with van der Waals surface area (Å²) in [5.74, 6) is 0. The van der Waals surface area contributed by atoms with Gasteiger partial charge >= 0.3 is 0 Å². The van der Waals surface area contributed by atoms with Crippen LogP contribution in [0.15, 0.2) is 12.4 Å². The standard InChI is InChI=1S/C13H23N3O/c1-13(2)6-4-5-12(13)15-11-9-14-16(10-11)7-8-17-3/h9-10,12,15H,4-8H2,1-3H3. The molecule has 2 rings (SSSR count). The van der Waals surface area contributed by atoms with E-state index in [1.807, 2.05) is 10.9 Å². The summed E-state index contributed by atoms with van der Waals surface area (Å²) in [5, 5.41) is 7.92. The molecule has 0 saturated heterocycles. The zero-order valence-electron chi connectivity index (χ0n) is 11.1. The summed E-state index contributed by atoms with van der Waals surface area (Å²) in [6.45, 7) is 6.20. The minimum Gasteiger partial charge on any atom is -0.383 e. The second-order valence-corrected chi connectivity index (χ2v) is 5.56. The monoisotopic (exact) mass is 237 g/mol. The smallest absolute Gasteiger partial charge is 0.0728 e. The fourth-order valence-corrected chi connectivity index (χ4v) is 2.54. The lowest BCUT2D eigenvalue weighted by Gasteiger charge is -2.28. The topological polar surface area (TPSA) is 39.1 Å². The Morgan fingerprint density at radius 2 is 2.41 bits per heavy atom. The van der Waals surface area contributed by atoms with Crippen LogP contribution in [-0.4, -0.2) is 29.5 Å². The Labute approximate surface area is 103 Å². The van der Waals surface area contributed by atoms with Gasteiger partial charge in [-0.3, -0.25) is 4.68 Å². The molecule has 1 aliphatic carbocycles. The van der Waals surface area contributed by atoms with Crippen LogP contribution >= 0.6 is 0 Å².